The van der Waals surface area contributed by atoms with Crippen LogP contribution in [0.3, 0.4) is 0 Å². The highest BCUT2D eigenvalue weighted by molar-refractivity contribution is 6.28. The summed E-state index contributed by atoms with van der Waals surface area (Å²) in [5, 5.41) is -0.0883. The van der Waals surface area contributed by atoms with Crippen molar-refractivity contribution in [2.75, 3.05) is 7.11 Å². The largest absolute Gasteiger partial charge is 0.497 e. The van der Waals surface area contributed by atoms with Crippen molar-refractivity contribution in [1.82, 2.24) is 0 Å². The second kappa shape index (κ2) is 3.38. The summed E-state index contributed by atoms with van der Waals surface area (Å²) in [6, 6.07) is 5.91. The van der Waals surface area contributed by atoms with Gasteiger partial charge in [0.1, 0.15) is 5.75 Å². The minimum Gasteiger partial charge on any atom is -0.497 e. The molecule has 2 rings (SSSR count). The number of benzene rings is 1. The van der Waals surface area contributed by atoms with E-state index in [1.807, 2.05) is 18.2 Å². The van der Waals surface area contributed by atoms with E-state index >= 15 is 0 Å². The first-order chi connectivity index (χ1) is 6.31. The lowest BCUT2D eigenvalue weighted by Crippen LogP contribution is -2.04. The maximum absolute atomic E-state index is 6.05. The topological polar surface area (TPSA) is 21.6 Å². The molecular weight excluding hydrogens is 186 g/mol. The van der Waals surface area contributed by atoms with Gasteiger partial charge in [-0.2, -0.15) is 0 Å². The Hall–Kier alpha value is -1.02. The van der Waals surface area contributed by atoms with Crippen LogP contribution < -0.4 is 4.74 Å². The van der Waals surface area contributed by atoms with E-state index < -0.39 is 0 Å². The van der Waals surface area contributed by atoms with Gasteiger partial charge in [0.15, 0.2) is 0 Å². The Morgan fingerprint density at radius 2 is 2.38 bits per heavy atom. The van der Waals surface area contributed by atoms with Gasteiger partial charge in [0, 0.05) is 6.21 Å². The molecule has 1 aliphatic heterocycles. The molecule has 1 heterocycles. The molecule has 1 atom stereocenters. The summed E-state index contributed by atoms with van der Waals surface area (Å²) in [4.78, 5) is 4.16. The fourth-order valence-corrected chi connectivity index (χ4v) is 1.73. The molecule has 2 nitrogen and oxygen atoms in total. The summed E-state index contributed by atoms with van der Waals surface area (Å²) in [6.45, 7) is 0.704. The maximum Gasteiger partial charge on any atom is 0.119 e. The van der Waals surface area contributed by atoms with Crippen molar-refractivity contribution in [2.45, 2.75) is 11.9 Å². The van der Waals surface area contributed by atoms with Gasteiger partial charge in [-0.25, -0.2) is 0 Å². The predicted octanol–water partition coefficient (Wildman–Crippen LogP) is 2.56. The van der Waals surface area contributed by atoms with Crippen LogP contribution in [-0.4, -0.2) is 13.3 Å². The van der Waals surface area contributed by atoms with Crippen molar-refractivity contribution >= 4 is 17.8 Å². The number of hydrogen-bond donors (Lipinski definition) is 0. The summed E-state index contributed by atoms with van der Waals surface area (Å²) < 4.78 is 5.12. The summed E-state index contributed by atoms with van der Waals surface area (Å²) in [5.74, 6) is 0.861. The van der Waals surface area contributed by atoms with Crippen LogP contribution in [0.2, 0.25) is 0 Å². The molecule has 1 aromatic carbocycles. The first kappa shape index (κ1) is 8.57. The Bertz CT molecular complexity index is 349. The zero-order valence-electron chi connectivity index (χ0n) is 7.33. The van der Waals surface area contributed by atoms with E-state index in [0.717, 1.165) is 16.9 Å². The van der Waals surface area contributed by atoms with E-state index in [4.69, 9.17) is 16.3 Å². The van der Waals surface area contributed by atoms with E-state index in [9.17, 15) is 0 Å². The molecule has 0 aromatic heterocycles. The zero-order chi connectivity index (χ0) is 9.26. The summed E-state index contributed by atoms with van der Waals surface area (Å²) in [6.07, 6.45) is 1.77. The van der Waals surface area contributed by atoms with Crippen molar-refractivity contribution in [3.8, 4) is 5.75 Å². The van der Waals surface area contributed by atoms with Crippen LogP contribution in [0.25, 0.3) is 0 Å². The number of nitrogens with zero attached hydrogens (tertiary/aromatic N) is 1. The molecule has 0 aliphatic carbocycles. The monoisotopic (exact) mass is 195 g/mol. The van der Waals surface area contributed by atoms with Crippen LogP contribution in [0.5, 0.6) is 5.75 Å². The molecule has 3 heteroatoms. The van der Waals surface area contributed by atoms with Gasteiger partial charge in [0.2, 0.25) is 0 Å². The number of alkyl halides is 1. The minimum absolute atomic E-state index is 0.0883. The molecular formula is C10H10ClNO. The Morgan fingerprint density at radius 3 is 3.15 bits per heavy atom. The van der Waals surface area contributed by atoms with Crippen LogP contribution in [0.1, 0.15) is 16.5 Å². The van der Waals surface area contributed by atoms with Crippen molar-refractivity contribution in [1.29, 1.82) is 0 Å². The lowest BCUT2D eigenvalue weighted by molar-refractivity contribution is 0.414. The lowest BCUT2D eigenvalue weighted by Gasteiger charge is -2.15. The standard InChI is InChI=1S/C10H10ClNO/c1-13-8-2-3-9-7(4-8)5-12-6-10(9)11/h2-4,6,10H,5H2,1H3. The van der Waals surface area contributed by atoms with Gasteiger partial charge in [-0.1, -0.05) is 6.07 Å². The SMILES string of the molecule is COc1ccc2c(c1)CN=CC2Cl. The average molecular weight is 196 g/mol. The van der Waals surface area contributed by atoms with Crippen LogP contribution in [0.15, 0.2) is 23.2 Å². The molecule has 1 aromatic rings. The number of rotatable bonds is 1. The molecule has 1 unspecified atom stereocenters. The summed E-state index contributed by atoms with van der Waals surface area (Å²) in [7, 11) is 1.66. The molecule has 0 spiro atoms. The summed E-state index contributed by atoms with van der Waals surface area (Å²) >= 11 is 6.05. The molecule has 0 saturated carbocycles. The van der Waals surface area contributed by atoms with E-state index in [-0.39, 0.29) is 5.38 Å². The minimum atomic E-state index is -0.0883. The van der Waals surface area contributed by atoms with Crippen molar-refractivity contribution in [3.05, 3.63) is 29.3 Å². The van der Waals surface area contributed by atoms with Crippen molar-refractivity contribution in [3.63, 3.8) is 0 Å². The number of hydrogen-bond acceptors (Lipinski definition) is 2. The highest BCUT2D eigenvalue weighted by Crippen LogP contribution is 2.29. The van der Waals surface area contributed by atoms with Gasteiger partial charge in [-0.3, -0.25) is 4.99 Å². The second-order valence-corrected chi connectivity index (χ2v) is 3.43. The van der Waals surface area contributed by atoms with Crippen molar-refractivity contribution in [2.24, 2.45) is 4.99 Å². The van der Waals surface area contributed by atoms with Crippen LogP contribution in [0, 0.1) is 0 Å². The molecule has 0 saturated heterocycles. The Balaban J connectivity index is 2.43. The Morgan fingerprint density at radius 1 is 1.54 bits per heavy atom. The zero-order valence-corrected chi connectivity index (χ0v) is 8.08. The first-order valence-corrected chi connectivity index (χ1v) is 4.56. The lowest BCUT2D eigenvalue weighted by atomic mass is 10.0. The fraction of sp³-hybridized carbons (Fsp3) is 0.300. The van der Waals surface area contributed by atoms with Crippen LogP contribution >= 0.6 is 11.6 Å². The van der Waals surface area contributed by atoms with Gasteiger partial charge in [0.25, 0.3) is 0 Å². The Labute approximate surface area is 82.2 Å². The van der Waals surface area contributed by atoms with Crippen LogP contribution in [-0.2, 0) is 6.54 Å². The van der Waals surface area contributed by atoms with Gasteiger partial charge in [-0.15, -0.1) is 11.6 Å². The number of methoxy groups -OCH3 is 1. The summed E-state index contributed by atoms with van der Waals surface area (Å²) in [5.41, 5.74) is 2.29. The van der Waals surface area contributed by atoms with E-state index in [1.165, 1.54) is 0 Å². The molecule has 1 aliphatic rings. The van der Waals surface area contributed by atoms with Crippen molar-refractivity contribution < 1.29 is 4.74 Å². The number of halogens is 1. The first-order valence-electron chi connectivity index (χ1n) is 4.12. The molecule has 0 bridgehead atoms. The predicted molar refractivity (Wildman–Crippen MR) is 53.8 cm³/mol. The second-order valence-electron chi connectivity index (χ2n) is 2.96. The third-order valence-electron chi connectivity index (χ3n) is 2.15. The van der Waals surface area contributed by atoms with E-state index in [1.54, 1.807) is 13.3 Å². The normalized spacial score (nSPS) is 19.7. The van der Waals surface area contributed by atoms with Gasteiger partial charge in [0.05, 0.1) is 19.0 Å². The van der Waals surface area contributed by atoms with E-state index in [0.29, 0.717) is 6.54 Å². The highest BCUT2D eigenvalue weighted by atomic mass is 35.5. The molecule has 13 heavy (non-hydrogen) atoms. The number of fused-ring (bicyclic) bond motifs is 1. The molecule has 68 valence electrons. The fourth-order valence-electron chi connectivity index (χ4n) is 1.44. The molecule has 0 amide bonds. The molecule has 0 N–H and O–H groups in total. The number of aliphatic imine (C=N–C) groups is 1. The highest BCUT2D eigenvalue weighted by Gasteiger charge is 2.14. The Kier molecular flexibility index (Phi) is 2.23. The van der Waals surface area contributed by atoms with Crippen LogP contribution in [0.4, 0.5) is 0 Å². The smallest absolute Gasteiger partial charge is 0.119 e. The van der Waals surface area contributed by atoms with Gasteiger partial charge in [-0.05, 0) is 23.3 Å². The third kappa shape index (κ3) is 1.54. The third-order valence-corrected chi connectivity index (χ3v) is 2.49. The van der Waals surface area contributed by atoms with Gasteiger partial charge < -0.3 is 4.74 Å². The molecule has 0 fully saturated rings. The average Bonchev–Trinajstić information content (AvgIpc) is 2.18. The van der Waals surface area contributed by atoms with Gasteiger partial charge >= 0.3 is 0 Å². The quantitative estimate of drug-likeness (QED) is 0.632. The van der Waals surface area contributed by atoms with E-state index in [2.05, 4.69) is 4.99 Å². The maximum atomic E-state index is 6.05. The molecule has 0 radical (unpaired) electrons. The number of ether oxygens (including phenoxy) is 1.